The first-order valence-corrected chi connectivity index (χ1v) is 22.4. The number of nitrogens with two attached hydrogens (primary N) is 1. The van der Waals surface area contributed by atoms with Gasteiger partial charge in [-0.1, -0.05) is 0 Å². The molecule has 0 atom stereocenters. The van der Waals surface area contributed by atoms with Gasteiger partial charge in [0.2, 0.25) is 11.8 Å². The predicted octanol–water partition coefficient (Wildman–Crippen LogP) is 9.51. The maximum Gasteiger partial charge on any atom is 0.420 e. The Morgan fingerprint density at radius 3 is 1.33 bits per heavy atom. The highest BCUT2D eigenvalue weighted by Crippen LogP contribution is 2.35. The molecule has 23 nitrogen and oxygen atoms in total. The second-order valence-corrected chi connectivity index (χ2v) is 19.3. The van der Waals surface area contributed by atoms with E-state index in [9.17, 15) is 34.8 Å². The van der Waals surface area contributed by atoms with Crippen LogP contribution in [0.5, 0.6) is 23.3 Å². The van der Waals surface area contributed by atoms with Crippen molar-refractivity contribution in [1.29, 1.82) is 10.5 Å². The zero-order valence-corrected chi connectivity index (χ0v) is 42.9. The van der Waals surface area contributed by atoms with Crippen molar-refractivity contribution in [3.05, 3.63) is 100 Å². The zero-order valence-electron chi connectivity index (χ0n) is 41.3. The second-order valence-electron chi connectivity index (χ2n) is 18.5. The van der Waals surface area contributed by atoms with Crippen LogP contribution < -0.4 is 15.2 Å². The number of hydrogen-bond acceptors (Lipinski definition) is 18. The van der Waals surface area contributed by atoms with Gasteiger partial charge in [0, 0.05) is 62.1 Å². The van der Waals surface area contributed by atoms with Gasteiger partial charge in [-0.2, -0.15) is 20.7 Å². The van der Waals surface area contributed by atoms with Crippen molar-refractivity contribution in [2.75, 3.05) is 5.73 Å². The topological polar surface area (TPSA) is 302 Å². The summed E-state index contributed by atoms with van der Waals surface area (Å²) in [7, 11) is 3.38. The lowest BCUT2D eigenvalue weighted by atomic mass is 10.1. The highest BCUT2D eigenvalue weighted by atomic mass is 79.9. The monoisotopic (exact) mass is 1050 g/mol. The van der Waals surface area contributed by atoms with Gasteiger partial charge < -0.3 is 34.5 Å². The van der Waals surface area contributed by atoms with Crippen LogP contribution >= 0.6 is 15.9 Å². The van der Waals surface area contributed by atoms with Crippen LogP contribution in [0.4, 0.5) is 25.0 Å². The molecule has 24 heteroatoms. The van der Waals surface area contributed by atoms with Crippen LogP contribution in [0, 0.1) is 22.7 Å². The van der Waals surface area contributed by atoms with Gasteiger partial charge >= 0.3 is 24.4 Å². The molecule has 0 aliphatic carbocycles. The lowest BCUT2D eigenvalue weighted by Crippen LogP contribution is -2.43. The molecule has 0 radical (unpaired) electrons. The van der Waals surface area contributed by atoms with Crippen LogP contribution in [0.25, 0.3) is 22.8 Å². The number of amides is 4. The van der Waals surface area contributed by atoms with Gasteiger partial charge in [0.25, 0.3) is 0 Å². The SMILES string of the molecule is Cn1nc(Br)cc1Oc1cc(C#N)ccc1-c1ncc(CN(C(=O)O)C(=O)OC(C)(C)C)cn1.Cn1nc(N)cc1Oc1cc(C#N)ccc1-c1ncc(CN(C(=O)OC(C)(C)C)C(=O)OC(C)(C)C)cn1. The standard InChI is InChI=1S/C26H31N7O5.C22H21BrN6O5/c1-25(2,3)37-23(34)33(24(35)38-26(4,5)6)15-17-13-29-22(30-14-17)18-9-8-16(12-27)10-19(18)36-21-11-20(28)31-32(21)7;1-22(2,3)34-21(32)29(20(30)31)12-14-10-25-19(26-11-14)15-6-5-13(9-24)7-16(15)33-18-8-17(23)27-28(18)4/h8-11,13-14H,15H2,1-7H3,(H2,28,31);5-8,10-11H,12H2,1-4H3,(H,30,31). The first-order valence-electron chi connectivity index (χ1n) is 21.6. The van der Waals surface area contributed by atoms with Crippen LogP contribution in [-0.4, -0.2) is 95.6 Å². The minimum absolute atomic E-state index is 0.171. The number of nitrogen functional groups attached to an aromatic ring is 1. The molecular weight excluding hydrogens is 999 g/mol. The van der Waals surface area contributed by atoms with Crippen molar-refractivity contribution in [1.82, 2.24) is 49.3 Å². The summed E-state index contributed by atoms with van der Waals surface area (Å²) in [6, 6.07) is 17.0. The summed E-state index contributed by atoms with van der Waals surface area (Å²) in [6.45, 7) is 14.7. The van der Waals surface area contributed by atoms with E-state index in [1.807, 2.05) is 0 Å². The number of benzene rings is 2. The van der Waals surface area contributed by atoms with E-state index in [4.69, 9.17) is 29.4 Å². The molecule has 6 rings (SSSR count). The minimum atomic E-state index is -1.46. The number of carbonyl (C=O) groups is 4. The maximum atomic E-state index is 12.8. The van der Waals surface area contributed by atoms with Gasteiger partial charge in [0.15, 0.2) is 11.6 Å². The number of ether oxygens (including phenoxy) is 5. The van der Waals surface area contributed by atoms with E-state index in [1.165, 1.54) is 34.2 Å². The van der Waals surface area contributed by atoms with Crippen molar-refractivity contribution < 1.29 is 48.0 Å². The summed E-state index contributed by atoms with van der Waals surface area (Å²) >= 11 is 3.28. The van der Waals surface area contributed by atoms with Crippen molar-refractivity contribution >= 4 is 46.1 Å². The normalized spacial score (nSPS) is 11.2. The molecule has 0 fully saturated rings. The van der Waals surface area contributed by atoms with Gasteiger partial charge in [-0.25, -0.2) is 58.3 Å². The summed E-state index contributed by atoms with van der Waals surface area (Å²) < 4.78 is 31.4. The van der Waals surface area contributed by atoms with Gasteiger partial charge in [0.1, 0.15) is 38.7 Å². The molecule has 4 heterocycles. The third kappa shape index (κ3) is 15.4. The smallest absolute Gasteiger partial charge is 0.420 e. The van der Waals surface area contributed by atoms with Crippen LogP contribution in [0.2, 0.25) is 0 Å². The average Bonchev–Trinajstić information content (AvgIpc) is 3.78. The second kappa shape index (κ2) is 22.4. The Kier molecular flexibility index (Phi) is 16.9. The van der Waals surface area contributed by atoms with E-state index in [-0.39, 0.29) is 24.7 Å². The van der Waals surface area contributed by atoms with Gasteiger partial charge in [-0.15, -0.1) is 0 Å². The molecule has 2 aromatic carbocycles. The fourth-order valence-corrected chi connectivity index (χ4v) is 6.34. The quantitative estimate of drug-likeness (QED) is 0.121. The van der Waals surface area contributed by atoms with E-state index >= 15 is 0 Å². The summed E-state index contributed by atoms with van der Waals surface area (Å²) in [6.07, 6.45) is 1.62. The number of hydrogen-bond donors (Lipinski definition) is 2. The molecule has 0 saturated carbocycles. The number of carbonyl (C=O) groups excluding carboxylic acids is 3. The van der Waals surface area contributed by atoms with Crippen molar-refractivity contribution in [3.8, 4) is 58.2 Å². The molecule has 0 saturated heterocycles. The lowest BCUT2D eigenvalue weighted by molar-refractivity contribution is -0.000428. The Balaban J connectivity index is 0.000000269. The Morgan fingerprint density at radius 2 is 1.00 bits per heavy atom. The minimum Gasteiger partial charge on any atom is -0.465 e. The Morgan fingerprint density at radius 1 is 0.625 bits per heavy atom. The number of imide groups is 2. The van der Waals surface area contributed by atoms with Crippen molar-refractivity contribution in [3.63, 3.8) is 0 Å². The first kappa shape index (κ1) is 54.3. The number of carboxylic acid groups (broad SMARTS) is 1. The number of halogens is 1. The van der Waals surface area contributed by atoms with Crippen LogP contribution in [-0.2, 0) is 41.4 Å². The van der Waals surface area contributed by atoms with Crippen molar-refractivity contribution in [2.45, 2.75) is 92.2 Å². The molecule has 0 bridgehead atoms. The zero-order chi connectivity index (χ0) is 53.3. The van der Waals surface area contributed by atoms with E-state index in [0.717, 1.165) is 4.90 Å². The van der Waals surface area contributed by atoms with Crippen molar-refractivity contribution in [2.24, 2.45) is 14.1 Å². The fraction of sp³-hybridized carbons (Fsp3) is 0.333. The molecule has 3 N–H and O–H groups in total. The predicted molar refractivity (Wildman–Crippen MR) is 261 cm³/mol. The first-order chi connectivity index (χ1) is 33.6. The summed E-state index contributed by atoms with van der Waals surface area (Å²) in [5, 5.41) is 36.3. The van der Waals surface area contributed by atoms with E-state index < -0.39 is 41.2 Å². The number of aryl methyl sites for hydroxylation is 2. The number of rotatable bonds is 10. The average molecular weight is 1050 g/mol. The number of nitrogens with zero attached hydrogens (tertiary/aromatic N) is 12. The maximum absolute atomic E-state index is 12.8. The summed E-state index contributed by atoms with van der Waals surface area (Å²) in [4.78, 5) is 68.2. The molecular formula is C48H52BrN13O10. The van der Waals surface area contributed by atoms with Crippen LogP contribution in [0.1, 0.15) is 84.6 Å². The Hall–Kier alpha value is -8.64. The van der Waals surface area contributed by atoms with Gasteiger partial charge in [-0.05, 0) is 115 Å². The lowest BCUT2D eigenvalue weighted by Gasteiger charge is -2.28. The molecule has 4 aromatic heterocycles. The van der Waals surface area contributed by atoms with Gasteiger partial charge in [0.05, 0.1) is 47.5 Å². The largest absolute Gasteiger partial charge is 0.465 e. The van der Waals surface area contributed by atoms with Crippen LogP contribution in [0.3, 0.4) is 0 Å². The van der Waals surface area contributed by atoms with E-state index in [2.05, 4.69) is 58.2 Å². The number of nitriles is 2. The highest BCUT2D eigenvalue weighted by molar-refractivity contribution is 9.10. The number of anilines is 1. The molecule has 6 aromatic rings. The summed E-state index contributed by atoms with van der Waals surface area (Å²) in [5.41, 5.74) is 5.87. The Bertz CT molecular complexity index is 3000. The van der Waals surface area contributed by atoms with E-state index in [0.29, 0.717) is 72.0 Å². The molecule has 0 spiro atoms. The molecule has 72 heavy (non-hydrogen) atoms. The molecule has 376 valence electrons. The highest BCUT2D eigenvalue weighted by Gasteiger charge is 2.32. The third-order valence-corrected chi connectivity index (χ3v) is 9.35. The molecule has 0 aliphatic heterocycles. The fourth-order valence-electron chi connectivity index (χ4n) is 5.91. The third-order valence-electron chi connectivity index (χ3n) is 8.96. The van der Waals surface area contributed by atoms with Crippen LogP contribution in [0.15, 0.2) is 77.9 Å². The molecule has 4 amide bonds. The van der Waals surface area contributed by atoms with Gasteiger partial charge in [-0.3, -0.25) is 0 Å². The number of aromatic nitrogens is 8. The summed E-state index contributed by atoms with van der Waals surface area (Å²) in [5.74, 6) is 2.30. The molecule has 0 unspecified atom stereocenters. The molecule has 0 aliphatic rings. The Labute approximate surface area is 422 Å². The van der Waals surface area contributed by atoms with E-state index in [1.54, 1.807) is 125 Å².